The van der Waals surface area contributed by atoms with E-state index in [1.54, 1.807) is 0 Å². The maximum atomic E-state index is 13.4. The number of esters is 3. The molecule has 36 heavy (non-hydrogen) atoms. The molecule has 2 saturated heterocycles. The van der Waals surface area contributed by atoms with E-state index < -0.39 is 52.3 Å². The lowest BCUT2D eigenvalue weighted by Crippen LogP contribution is -2.74. The highest BCUT2D eigenvalue weighted by Gasteiger charge is 2.74. The number of cyclic esters (lactones) is 2. The van der Waals surface area contributed by atoms with Gasteiger partial charge in [-0.2, -0.15) is 0 Å². The van der Waals surface area contributed by atoms with Gasteiger partial charge in [-0.25, -0.2) is 4.79 Å². The van der Waals surface area contributed by atoms with Gasteiger partial charge in [0.25, 0.3) is 0 Å². The zero-order valence-corrected chi connectivity index (χ0v) is 21.4. The predicted octanol–water partition coefficient (Wildman–Crippen LogP) is 2.40. The van der Waals surface area contributed by atoms with E-state index in [4.69, 9.17) is 18.9 Å². The summed E-state index contributed by atoms with van der Waals surface area (Å²) in [5.41, 5.74) is -2.48. The molecule has 1 N–H and O–H groups in total. The smallest absolute Gasteiger partial charge is 0.333 e. The molecule has 5 aliphatic rings. The Labute approximate surface area is 210 Å². The Morgan fingerprint density at radius 3 is 2.50 bits per heavy atom. The highest BCUT2D eigenvalue weighted by molar-refractivity contribution is 5.88. The van der Waals surface area contributed by atoms with E-state index in [1.165, 1.54) is 13.2 Å². The van der Waals surface area contributed by atoms with Crippen molar-refractivity contribution in [1.82, 2.24) is 0 Å². The first-order valence-electron chi connectivity index (χ1n) is 12.5. The molecule has 3 heterocycles. The number of fused-ring (bicyclic) bond motifs is 3. The number of rotatable bonds is 3. The molecule has 0 radical (unpaired) electrons. The lowest BCUT2D eigenvalue weighted by Gasteiger charge is -2.70. The van der Waals surface area contributed by atoms with Crippen LogP contribution < -0.4 is 0 Å². The van der Waals surface area contributed by atoms with Crippen LogP contribution in [0.3, 0.4) is 0 Å². The standard InChI is InChI=1S/C27H34O9/c1-13-15-7-8-25(4)22(14-9-20(30)35-23(14)32)34-21(31)12-27(13,25)36-18-11-17(28)24(2,3)16(26(15,18)5)10-19(29)33-6/h9,15-16,18,22-23,32H,1,7-8,10-12H2,2-6H3/t15-,16-,18-,22-,23?,25-,26+,27-/m0/s1. The fourth-order valence-electron chi connectivity index (χ4n) is 8.08. The minimum absolute atomic E-state index is 0.00887. The van der Waals surface area contributed by atoms with Crippen LogP contribution in [0.5, 0.6) is 0 Å². The third kappa shape index (κ3) is 3.02. The van der Waals surface area contributed by atoms with E-state index in [2.05, 4.69) is 13.5 Å². The summed E-state index contributed by atoms with van der Waals surface area (Å²) in [6.45, 7) is 12.2. The van der Waals surface area contributed by atoms with Crippen molar-refractivity contribution in [3.8, 4) is 0 Å². The number of carbonyl (C=O) groups is 4. The maximum Gasteiger partial charge on any atom is 0.333 e. The van der Waals surface area contributed by atoms with Gasteiger partial charge in [0.1, 0.15) is 17.5 Å². The lowest BCUT2D eigenvalue weighted by molar-refractivity contribution is -0.294. The summed E-state index contributed by atoms with van der Waals surface area (Å²) < 4.78 is 22.5. The van der Waals surface area contributed by atoms with Gasteiger partial charge >= 0.3 is 17.9 Å². The molecule has 0 aromatic rings. The lowest BCUT2D eigenvalue weighted by atomic mass is 9.41. The van der Waals surface area contributed by atoms with Gasteiger partial charge in [0, 0.05) is 40.7 Å². The molecular weight excluding hydrogens is 468 g/mol. The van der Waals surface area contributed by atoms with Crippen molar-refractivity contribution in [2.75, 3.05) is 7.11 Å². The van der Waals surface area contributed by atoms with Gasteiger partial charge < -0.3 is 24.1 Å². The van der Waals surface area contributed by atoms with Crippen LogP contribution in [0.15, 0.2) is 23.8 Å². The van der Waals surface area contributed by atoms with Crippen molar-refractivity contribution in [1.29, 1.82) is 0 Å². The number of ketones is 1. The molecule has 0 amide bonds. The Kier molecular flexibility index (Phi) is 5.41. The van der Waals surface area contributed by atoms with Crippen molar-refractivity contribution in [3.05, 3.63) is 23.8 Å². The molecule has 196 valence electrons. The third-order valence-corrected chi connectivity index (χ3v) is 10.2. The summed E-state index contributed by atoms with van der Waals surface area (Å²) in [6, 6.07) is 0. The van der Waals surface area contributed by atoms with Gasteiger partial charge in [-0.3, -0.25) is 14.4 Å². The van der Waals surface area contributed by atoms with Crippen molar-refractivity contribution in [2.45, 2.75) is 83.9 Å². The van der Waals surface area contributed by atoms with E-state index >= 15 is 0 Å². The molecule has 0 aromatic heterocycles. The van der Waals surface area contributed by atoms with Crippen molar-refractivity contribution < 1.29 is 43.2 Å². The number of aliphatic hydroxyl groups excluding tert-OH is 1. The molecule has 2 bridgehead atoms. The Morgan fingerprint density at radius 1 is 1.19 bits per heavy atom. The topological polar surface area (TPSA) is 125 Å². The number of hydrogen-bond donors (Lipinski definition) is 1. The van der Waals surface area contributed by atoms with Gasteiger partial charge in [-0.1, -0.05) is 34.3 Å². The van der Waals surface area contributed by atoms with Crippen LogP contribution in [-0.2, 0) is 38.1 Å². The van der Waals surface area contributed by atoms with E-state index in [0.717, 1.165) is 5.57 Å². The molecule has 9 nitrogen and oxygen atoms in total. The first-order chi connectivity index (χ1) is 16.7. The molecule has 5 rings (SSSR count). The molecule has 0 aromatic carbocycles. The van der Waals surface area contributed by atoms with Gasteiger partial charge in [0.15, 0.2) is 0 Å². The number of ether oxygens (including phenoxy) is 4. The summed E-state index contributed by atoms with van der Waals surface area (Å²) in [7, 11) is 1.34. The van der Waals surface area contributed by atoms with Crippen LogP contribution >= 0.6 is 0 Å². The first kappa shape index (κ1) is 25.1. The molecule has 8 atom stereocenters. The van der Waals surface area contributed by atoms with Gasteiger partial charge in [0.05, 0.1) is 19.6 Å². The maximum absolute atomic E-state index is 13.4. The van der Waals surface area contributed by atoms with Crippen LogP contribution in [0.4, 0.5) is 0 Å². The van der Waals surface area contributed by atoms with Crippen LogP contribution in [-0.4, -0.2) is 60.0 Å². The number of methoxy groups -OCH3 is 1. The summed E-state index contributed by atoms with van der Waals surface area (Å²) in [5, 5.41) is 10.4. The highest BCUT2D eigenvalue weighted by atomic mass is 16.6. The second-order valence-corrected chi connectivity index (χ2v) is 12.0. The average molecular weight is 503 g/mol. The second kappa shape index (κ2) is 7.74. The highest BCUT2D eigenvalue weighted by Crippen LogP contribution is 2.70. The average Bonchev–Trinajstić information content (AvgIpc) is 3.13. The summed E-state index contributed by atoms with van der Waals surface area (Å²) in [5.74, 6) is -2.12. The fourth-order valence-corrected chi connectivity index (χ4v) is 8.08. The molecule has 2 saturated carbocycles. The van der Waals surface area contributed by atoms with E-state index in [-0.39, 0.29) is 48.4 Å². The summed E-state index contributed by atoms with van der Waals surface area (Å²) in [4.78, 5) is 50.8. The molecular formula is C27H34O9. The van der Waals surface area contributed by atoms with Gasteiger partial charge in [-0.05, 0) is 30.3 Å². The van der Waals surface area contributed by atoms with Crippen LogP contribution in [0, 0.1) is 28.1 Å². The van der Waals surface area contributed by atoms with Crippen LogP contribution in [0.25, 0.3) is 0 Å². The third-order valence-electron chi connectivity index (χ3n) is 10.2. The largest absolute Gasteiger partial charge is 0.469 e. The van der Waals surface area contributed by atoms with E-state index in [0.29, 0.717) is 12.8 Å². The van der Waals surface area contributed by atoms with Crippen molar-refractivity contribution in [2.24, 2.45) is 28.1 Å². The number of carbonyl (C=O) groups excluding carboxylic acids is 4. The monoisotopic (exact) mass is 502 g/mol. The molecule has 9 heteroatoms. The van der Waals surface area contributed by atoms with E-state index in [1.807, 2.05) is 20.8 Å². The molecule has 3 aliphatic heterocycles. The van der Waals surface area contributed by atoms with Crippen molar-refractivity contribution >= 4 is 23.7 Å². The SMILES string of the molecule is C=C1[C@@H]2CC[C@@]3(C)[C@H](C4=CC(=O)OC4O)OC(=O)C[C@]13O[C@H]1CC(=O)C(C)(C)[C@H](CC(=O)OC)[C@]12C. The zero-order valence-electron chi connectivity index (χ0n) is 21.4. The Balaban J connectivity index is 1.62. The predicted molar refractivity (Wildman–Crippen MR) is 124 cm³/mol. The number of aliphatic hydroxyl groups is 1. The molecule has 1 spiro atoms. The Bertz CT molecular complexity index is 1100. The fraction of sp³-hybridized carbons (Fsp3) is 0.704. The van der Waals surface area contributed by atoms with Gasteiger partial charge in [-0.15, -0.1) is 0 Å². The normalized spacial score (nSPS) is 45.2. The number of hydrogen-bond acceptors (Lipinski definition) is 9. The quantitative estimate of drug-likeness (QED) is 0.352. The first-order valence-corrected chi connectivity index (χ1v) is 12.5. The van der Waals surface area contributed by atoms with Crippen LogP contribution in [0.1, 0.15) is 59.8 Å². The molecule has 1 unspecified atom stereocenters. The minimum Gasteiger partial charge on any atom is -0.469 e. The van der Waals surface area contributed by atoms with Crippen molar-refractivity contribution in [3.63, 3.8) is 0 Å². The zero-order chi connectivity index (χ0) is 26.4. The minimum atomic E-state index is -1.51. The Hall–Kier alpha value is -2.52. The molecule has 2 aliphatic carbocycles. The number of Topliss-reactive ketones (excluding diaryl/α,β-unsaturated/α-hetero) is 1. The molecule has 4 fully saturated rings. The second-order valence-electron chi connectivity index (χ2n) is 12.0. The summed E-state index contributed by atoms with van der Waals surface area (Å²) in [6.07, 6.45) is -0.510. The van der Waals surface area contributed by atoms with E-state index in [9.17, 15) is 24.3 Å². The van der Waals surface area contributed by atoms with Crippen LogP contribution in [0.2, 0.25) is 0 Å². The summed E-state index contributed by atoms with van der Waals surface area (Å²) >= 11 is 0. The Morgan fingerprint density at radius 2 is 1.89 bits per heavy atom. The van der Waals surface area contributed by atoms with Gasteiger partial charge in [0.2, 0.25) is 6.29 Å².